The van der Waals surface area contributed by atoms with Gasteiger partial charge in [0.1, 0.15) is 5.60 Å². The first kappa shape index (κ1) is 19.4. The highest BCUT2D eigenvalue weighted by atomic mass is 16.6. The fourth-order valence-corrected chi connectivity index (χ4v) is 2.19. The molecular formula is C17H30N4O2. The maximum Gasteiger partial charge on any atom is 0.407 e. The van der Waals surface area contributed by atoms with E-state index in [2.05, 4.69) is 34.4 Å². The van der Waals surface area contributed by atoms with Crippen LogP contribution in [0, 0.1) is 0 Å². The van der Waals surface area contributed by atoms with Crippen molar-refractivity contribution in [2.24, 2.45) is 0 Å². The van der Waals surface area contributed by atoms with Crippen molar-refractivity contribution in [1.82, 2.24) is 20.6 Å². The zero-order chi connectivity index (χ0) is 17.3. The third-order valence-corrected chi connectivity index (χ3v) is 3.31. The van der Waals surface area contributed by atoms with Crippen LogP contribution in [-0.2, 0) is 4.74 Å². The largest absolute Gasteiger partial charge is 0.444 e. The van der Waals surface area contributed by atoms with Crippen LogP contribution in [0.15, 0.2) is 18.6 Å². The molecule has 6 heteroatoms. The molecule has 0 saturated heterocycles. The quantitative estimate of drug-likeness (QED) is 0.768. The summed E-state index contributed by atoms with van der Waals surface area (Å²) in [5, 5.41) is 6.36. The van der Waals surface area contributed by atoms with Crippen LogP contribution >= 0.6 is 0 Å². The summed E-state index contributed by atoms with van der Waals surface area (Å²) in [5.41, 5.74) is 0.412. The van der Waals surface area contributed by atoms with Crippen molar-refractivity contribution >= 4 is 6.09 Å². The van der Waals surface area contributed by atoms with E-state index in [0.29, 0.717) is 6.54 Å². The molecule has 2 atom stereocenters. The predicted molar refractivity (Wildman–Crippen MR) is 91.1 cm³/mol. The van der Waals surface area contributed by atoms with Crippen LogP contribution in [0.25, 0.3) is 0 Å². The normalized spacial score (nSPS) is 14.1. The summed E-state index contributed by atoms with van der Waals surface area (Å²) in [6.45, 7) is 10.3. The van der Waals surface area contributed by atoms with Crippen molar-refractivity contribution in [2.75, 3.05) is 6.54 Å². The minimum Gasteiger partial charge on any atom is -0.444 e. The molecule has 1 amide bonds. The van der Waals surface area contributed by atoms with Crippen molar-refractivity contribution < 1.29 is 9.53 Å². The van der Waals surface area contributed by atoms with Crippen LogP contribution in [0.3, 0.4) is 0 Å². The van der Waals surface area contributed by atoms with Crippen LogP contribution < -0.4 is 10.6 Å². The minimum absolute atomic E-state index is 0.0750. The SMILES string of the molecule is CCCCC(CNC(=O)OC(C)(C)C)NC(C)c1cnccn1. The third-order valence-electron chi connectivity index (χ3n) is 3.31. The Hall–Kier alpha value is -1.69. The second-order valence-electron chi connectivity index (χ2n) is 6.74. The van der Waals surface area contributed by atoms with Gasteiger partial charge in [-0.25, -0.2) is 4.79 Å². The maximum absolute atomic E-state index is 11.8. The zero-order valence-corrected chi connectivity index (χ0v) is 14.9. The predicted octanol–water partition coefficient (Wildman–Crippen LogP) is 3.21. The van der Waals surface area contributed by atoms with Gasteiger partial charge in [0.05, 0.1) is 5.69 Å². The maximum atomic E-state index is 11.8. The lowest BCUT2D eigenvalue weighted by atomic mass is 10.1. The Bertz CT molecular complexity index is 459. The van der Waals surface area contributed by atoms with Crippen LogP contribution in [0.1, 0.15) is 65.6 Å². The van der Waals surface area contributed by atoms with Gasteiger partial charge in [-0.2, -0.15) is 0 Å². The molecule has 23 heavy (non-hydrogen) atoms. The van der Waals surface area contributed by atoms with Gasteiger partial charge in [0.15, 0.2) is 0 Å². The van der Waals surface area contributed by atoms with E-state index in [4.69, 9.17) is 4.74 Å². The van der Waals surface area contributed by atoms with Crippen LogP contribution in [0.2, 0.25) is 0 Å². The second-order valence-corrected chi connectivity index (χ2v) is 6.74. The number of alkyl carbamates (subject to hydrolysis) is 1. The third kappa shape index (κ3) is 8.50. The van der Waals surface area contributed by atoms with E-state index >= 15 is 0 Å². The van der Waals surface area contributed by atoms with Crippen molar-refractivity contribution in [2.45, 2.75) is 71.6 Å². The van der Waals surface area contributed by atoms with Gasteiger partial charge in [-0.15, -0.1) is 0 Å². The molecule has 2 unspecified atom stereocenters. The van der Waals surface area contributed by atoms with E-state index in [0.717, 1.165) is 25.0 Å². The number of unbranched alkanes of at least 4 members (excludes halogenated alkanes) is 1. The monoisotopic (exact) mass is 322 g/mol. The molecule has 0 saturated carbocycles. The summed E-state index contributed by atoms with van der Waals surface area (Å²) in [4.78, 5) is 20.2. The van der Waals surface area contributed by atoms with Crippen molar-refractivity contribution in [3.63, 3.8) is 0 Å². The average molecular weight is 322 g/mol. The summed E-state index contributed by atoms with van der Waals surface area (Å²) in [6, 6.07) is 0.241. The van der Waals surface area contributed by atoms with E-state index < -0.39 is 5.60 Å². The first-order chi connectivity index (χ1) is 10.8. The first-order valence-corrected chi connectivity index (χ1v) is 8.30. The fourth-order valence-electron chi connectivity index (χ4n) is 2.19. The highest BCUT2D eigenvalue weighted by Crippen LogP contribution is 2.11. The molecule has 0 aliphatic heterocycles. The summed E-state index contributed by atoms with van der Waals surface area (Å²) in [6.07, 6.45) is 7.92. The van der Waals surface area contributed by atoms with E-state index in [1.807, 2.05) is 20.8 Å². The minimum atomic E-state index is -0.483. The van der Waals surface area contributed by atoms with Crippen molar-refractivity contribution in [1.29, 1.82) is 0 Å². The number of hydrogen-bond acceptors (Lipinski definition) is 5. The van der Waals surface area contributed by atoms with Crippen molar-refractivity contribution in [3.05, 3.63) is 24.3 Å². The number of aromatic nitrogens is 2. The lowest BCUT2D eigenvalue weighted by Crippen LogP contribution is -2.43. The van der Waals surface area contributed by atoms with Crippen molar-refractivity contribution in [3.8, 4) is 0 Å². The Morgan fingerprint density at radius 1 is 1.35 bits per heavy atom. The lowest BCUT2D eigenvalue weighted by Gasteiger charge is -2.25. The highest BCUT2D eigenvalue weighted by Gasteiger charge is 2.19. The molecule has 1 aromatic heterocycles. The molecule has 0 fully saturated rings. The second kappa shape index (κ2) is 9.45. The van der Waals surface area contributed by atoms with Crippen LogP contribution in [-0.4, -0.2) is 34.2 Å². The molecule has 2 N–H and O–H groups in total. The van der Waals surface area contributed by atoms with E-state index in [1.165, 1.54) is 0 Å². The standard InChI is InChI=1S/C17H30N4O2/c1-6-7-8-14(11-20-16(22)23-17(3,4)5)21-13(2)15-12-18-9-10-19-15/h9-10,12-14,21H,6-8,11H2,1-5H3,(H,20,22). The Morgan fingerprint density at radius 3 is 2.65 bits per heavy atom. The summed E-state index contributed by atoms with van der Waals surface area (Å²) in [7, 11) is 0. The average Bonchev–Trinajstić information content (AvgIpc) is 2.49. The number of hydrogen-bond donors (Lipinski definition) is 2. The fraction of sp³-hybridized carbons (Fsp3) is 0.706. The van der Waals surface area contributed by atoms with Gasteiger partial charge in [-0.1, -0.05) is 19.8 Å². The number of nitrogens with zero attached hydrogens (tertiary/aromatic N) is 2. The lowest BCUT2D eigenvalue weighted by molar-refractivity contribution is 0.0521. The summed E-state index contributed by atoms with van der Waals surface area (Å²) >= 11 is 0. The van der Waals surface area contributed by atoms with Gasteiger partial charge >= 0.3 is 6.09 Å². The molecule has 1 aromatic rings. The van der Waals surface area contributed by atoms with Gasteiger partial charge in [0.25, 0.3) is 0 Å². The molecule has 0 aliphatic carbocycles. The smallest absolute Gasteiger partial charge is 0.407 e. The molecule has 0 bridgehead atoms. The summed E-state index contributed by atoms with van der Waals surface area (Å²) in [5.74, 6) is 0. The Labute approximate surface area is 139 Å². The van der Waals surface area contributed by atoms with Gasteiger partial charge < -0.3 is 15.4 Å². The van der Waals surface area contributed by atoms with Crippen LogP contribution in [0.4, 0.5) is 4.79 Å². The molecule has 1 rings (SSSR count). The Morgan fingerprint density at radius 2 is 2.09 bits per heavy atom. The Balaban J connectivity index is 2.53. The molecule has 6 nitrogen and oxygen atoms in total. The molecular weight excluding hydrogens is 292 g/mol. The molecule has 130 valence electrons. The topological polar surface area (TPSA) is 76.1 Å². The van der Waals surface area contributed by atoms with E-state index in [1.54, 1.807) is 18.6 Å². The molecule has 0 aliphatic rings. The van der Waals surface area contributed by atoms with Gasteiger partial charge in [-0.3, -0.25) is 9.97 Å². The molecule has 0 spiro atoms. The number of amides is 1. The molecule has 1 heterocycles. The number of carbonyl (C=O) groups excluding carboxylic acids is 1. The summed E-state index contributed by atoms with van der Waals surface area (Å²) < 4.78 is 5.28. The molecule has 0 aromatic carbocycles. The van der Waals surface area contributed by atoms with Gasteiger partial charge in [0.2, 0.25) is 0 Å². The number of ether oxygens (including phenoxy) is 1. The number of rotatable bonds is 8. The zero-order valence-electron chi connectivity index (χ0n) is 14.9. The molecule has 0 radical (unpaired) electrons. The van der Waals surface area contributed by atoms with Crippen LogP contribution in [0.5, 0.6) is 0 Å². The van der Waals surface area contributed by atoms with E-state index in [-0.39, 0.29) is 18.2 Å². The van der Waals surface area contributed by atoms with E-state index in [9.17, 15) is 4.79 Å². The number of nitrogens with one attached hydrogen (secondary N) is 2. The number of carbonyl (C=O) groups is 1. The van der Waals surface area contributed by atoms with Gasteiger partial charge in [0, 0.05) is 37.2 Å². The Kier molecular flexibility index (Phi) is 7.95. The highest BCUT2D eigenvalue weighted by molar-refractivity contribution is 5.67. The van der Waals surface area contributed by atoms with Gasteiger partial charge in [-0.05, 0) is 34.1 Å². The first-order valence-electron chi connectivity index (χ1n) is 8.30.